The predicted octanol–water partition coefficient (Wildman–Crippen LogP) is 16.3. The summed E-state index contributed by atoms with van der Waals surface area (Å²) in [7, 11) is 0. The monoisotopic (exact) mass is 736 g/mol. The van der Waals surface area contributed by atoms with Crippen molar-refractivity contribution in [3.63, 3.8) is 0 Å². The lowest BCUT2D eigenvalue weighted by molar-refractivity contribution is 0.442. The van der Waals surface area contributed by atoms with Crippen LogP contribution in [0.3, 0.4) is 0 Å². The van der Waals surface area contributed by atoms with Gasteiger partial charge in [-0.05, 0) is 128 Å². The van der Waals surface area contributed by atoms with Crippen LogP contribution in [0.1, 0.15) is 43.6 Å². The standard InChI is InChI=1S/C54H40OS/c1-2-11-35(12-3-1)46-22-10-23-49-50-33-44(26-28-51(50)55-54(46)49)42-19-8-17-40(31-42)38-15-6-13-36(29-38)37-14-7-16-39(30-37)41-18-9-20-43(32-41)45-25-27-48-47-21-4-5-24-52(47)56-53(48)34-45/h4-10,13-35H,1-3,11-12H2. The molecule has 0 bridgehead atoms. The Bertz CT molecular complexity index is 3080. The molecule has 0 amide bonds. The highest BCUT2D eigenvalue weighted by Crippen LogP contribution is 2.42. The van der Waals surface area contributed by atoms with Crippen LogP contribution in [0.5, 0.6) is 0 Å². The second-order valence-corrected chi connectivity index (χ2v) is 16.6. The topological polar surface area (TPSA) is 13.1 Å². The van der Waals surface area contributed by atoms with E-state index in [1.165, 1.54) is 124 Å². The molecule has 0 radical (unpaired) electrons. The zero-order chi connectivity index (χ0) is 37.0. The number of benzene rings is 8. The van der Waals surface area contributed by atoms with Crippen molar-refractivity contribution < 1.29 is 4.42 Å². The quantitative estimate of drug-likeness (QED) is 0.166. The number of hydrogen-bond acceptors (Lipinski definition) is 2. The summed E-state index contributed by atoms with van der Waals surface area (Å²) in [6.07, 6.45) is 6.52. The summed E-state index contributed by atoms with van der Waals surface area (Å²) in [6.45, 7) is 0. The maximum atomic E-state index is 6.56. The molecule has 2 aromatic heterocycles. The van der Waals surface area contributed by atoms with Crippen LogP contribution in [-0.4, -0.2) is 0 Å². The lowest BCUT2D eigenvalue weighted by Crippen LogP contribution is -2.04. The molecule has 1 aliphatic rings. The van der Waals surface area contributed by atoms with Crippen LogP contribution in [0.25, 0.3) is 97.7 Å². The zero-order valence-corrected chi connectivity index (χ0v) is 32.0. The summed E-state index contributed by atoms with van der Waals surface area (Å²) in [4.78, 5) is 0. The Kier molecular flexibility index (Phi) is 8.18. The van der Waals surface area contributed by atoms with Gasteiger partial charge >= 0.3 is 0 Å². The number of thiophene rings is 1. The van der Waals surface area contributed by atoms with Crippen molar-refractivity contribution in [2.45, 2.75) is 38.0 Å². The maximum absolute atomic E-state index is 6.56. The molecule has 2 heteroatoms. The van der Waals surface area contributed by atoms with E-state index in [0.29, 0.717) is 5.92 Å². The van der Waals surface area contributed by atoms with Crippen molar-refractivity contribution in [3.8, 4) is 55.6 Å². The van der Waals surface area contributed by atoms with Gasteiger partial charge in [-0.25, -0.2) is 0 Å². The number of fused-ring (bicyclic) bond motifs is 6. The van der Waals surface area contributed by atoms with E-state index in [0.717, 1.165) is 11.2 Å². The Labute approximate surface area is 331 Å². The SMILES string of the molecule is c1cc(-c2cccc(-c3cccc(-c4ccc5oc6c(C7CCCCC7)cccc6c5c4)c3)c2)cc(-c2cccc(-c3ccc4c(c3)sc3ccccc34)c2)c1. The molecule has 1 nitrogen and oxygen atoms in total. The van der Waals surface area contributed by atoms with E-state index in [4.69, 9.17) is 4.42 Å². The molecule has 11 rings (SSSR count). The molecule has 1 saturated carbocycles. The van der Waals surface area contributed by atoms with Crippen molar-refractivity contribution in [3.05, 3.63) is 181 Å². The molecule has 10 aromatic rings. The summed E-state index contributed by atoms with van der Waals surface area (Å²) in [6, 6.07) is 64.9. The van der Waals surface area contributed by atoms with Gasteiger partial charge in [0.2, 0.25) is 0 Å². The minimum Gasteiger partial charge on any atom is -0.456 e. The van der Waals surface area contributed by atoms with Crippen LogP contribution in [-0.2, 0) is 0 Å². The molecule has 2 heterocycles. The Hall–Kier alpha value is -6.22. The van der Waals surface area contributed by atoms with Crippen LogP contribution < -0.4 is 0 Å². The Morgan fingerprint density at radius 1 is 0.357 bits per heavy atom. The molecule has 56 heavy (non-hydrogen) atoms. The fourth-order valence-electron chi connectivity index (χ4n) is 9.15. The van der Waals surface area contributed by atoms with E-state index < -0.39 is 0 Å². The van der Waals surface area contributed by atoms with Crippen LogP contribution in [0, 0.1) is 0 Å². The number of furan rings is 1. The molecule has 1 fully saturated rings. The summed E-state index contributed by atoms with van der Waals surface area (Å²) < 4.78 is 9.23. The first-order chi connectivity index (χ1) is 27.7. The third kappa shape index (κ3) is 5.93. The number of para-hydroxylation sites is 1. The summed E-state index contributed by atoms with van der Waals surface area (Å²) in [5, 5.41) is 5.10. The second-order valence-electron chi connectivity index (χ2n) is 15.5. The smallest absolute Gasteiger partial charge is 0.138 e. The predicted molar refractivity (Wildman–Crippen MR) is 240 cm³/mol. The maximum Gasteiger partial charge on any atom is 0.138 e. The molecule has 0 saturated heterocycles. The highest BCUT2D eigenvalue weighted by Gasteiger charge is 2.21. The van der Waals surface area contributed by atoms with Crippen molar-refractivity contribution in [2.24, 2.45) is 0 Å². The van der Waals surface area contributed by atoms with Crippen LogP contribution in [0.15, 0.2) is 180 Å². The highest BCUT2D eigenvalue weighted by atomic mass is 32.1. The molecule has 0 N–H and O–H groups in total. The third-order valence-electron chi connectivity index (χ3n) is 12.1. The lowest BCUT2D eigenvalue weighted by atomic mass is 9.83. The van der Waals surface area contributed by atoms with Crippen molar-refractivity contribution in [1.29, 1.82) is 0 Å². The minimum absolute atomic E-state index is 0.605. The molecule has 8 aromatic carbocycles. The Morgan fingerprint density at radius 3 is 1.45 bits per heavy atom. The molecule has 1 aliphatic carbocycles. The van der Waals surface area contributed by atoms with Gasteiger partial charge in [-0.2, -0.15) is 0 Å². The van der Waals surface area contributed by atoms with Crippen molar-refractivity contribution in [1.82, 2.24) is 0 Å². The van der Waals surface area contributed by atoms with Gasteiger partial charge in [-0.3, -0.25) is 0 Å². The summed E-state index contributed by atoms with van der Waals surface area (Å²) >= 11 is 1.87. The van der Waals surface area contributed by atoms with Gasteiger partial charge in [0.25, 0.3) is 0 Å². The molecule has 268 valence electrons. The average Bonchev–Trinajstić information content (AvgIpc) is 3.85. The average molecular weight is 737 g/mol. The van der Waals surface area contributed by atoms with Gasteiger partial charge in [0, 0.05) is 30.9 Å². The van der Waals surface area contributed by atoms with E-state index in [1.807, 2.05) is 11.3 Å². The first-order valence-corrected chi connectivity index (χ1v) is 20.8. The van der Waals surface area contributed by atoms with E-state index in [2.05, 4.69) is 176 Å². The van der Waals surface area contributed by atoms with Crippen LogP contribution in [0.4, 0.5) is 0 Å². The summed E-state index contributed by atoms with van der Waals surface area (Å²) in [5.74, 6) is 0.605. The van der Waals surface area contributed by atoms with Crippen molar-refractivity contribution in [2.75, 3.05) is 0 Å². The van der Waals surface area contributed by atoms with Gasteiger partial charge in [0.15, 0.2) is 0 Å². The Balaban J connectivity index is 0.889. The van der Waals surface area contributed by atoms with Gasteiger partial charge in [-0.1, -0.05) is 147 Å². The Morgan fingerprint density at radius 2 is 0.839 bits per heavy atom. The molecule has 0 unspecified atom stereocenters. The second kappa shape index (κ2) is 13.8. The first-order valence-electron chi connectivity index (χ1n) is 20.0. The largest absolute Gasteiger partial charge is 0.456 e. The van der Waals surface area contributed by atoms with E-state index in [9.17, 15) is 0 Å². The van der Waals surface area contributed by atoms with Gasteiger partial charge < -0.3 is 4.42 Å². The van der Waals surface area contributed by atoms with E-state index >= 15 is 0 Å². The number of hydrogen-bond donors (Lipinski definition) is 0. The molecular weight excluding hydrogens is 697 g/mol. The molecule has 0 spiro atoms. The van der Waals surface area contributed by atoms with Gasteiger partial charge in [0.05, 0.1) is 0 Å². The molecule has 0 aliphatic heterocycles. The van der Waals surface area contributed by atoms with Crippen molar-refractivity contribution >= 4 is 53.4 Å². The van der Waals surface area contributed by atoms with Gasteiger partial charge in [-0.15, -0.1) is 11.3 Å². The molecule has 0 atom stereocenters. The van der Waals surface area contributed by atoms with Crippen LogP contribution in [0.2, 0.25) is 0 Å². The summed E-state index contributed by atoms with van der Waals surface area (Å²) in [5.41, 5.74) is 15.6. The first kappa shape index (κ1) is 33.1. The fourth-order valence-corrected chi connectivity index (χ4v) is 10.3. The zero-order valence-electron chi connectivity index (χ0n) is 31.2. The minimum atomic E-state index is 0.605. The third-order valence-corrected chi connectivity index (χ3v) is 13.2. The fraction of sp³-hybridized carbons (Fsp3) is 0.111. The van der Waals surface area contributed by atoms with E-state index in [1.54, 1.807) is 0 Å². The van der Waals surface area contributed by atoms with Crippen LogP contribution >= 0.6 is 11.3 Å². The van der Waals surface area contributed by atoms with Gasteiger partial charge in [0.1, 0.15) is 11.2 Å². The normalized spacial score (nSPS) is 13.6. The highest BCUT2D eigenvalue weighted by molar-refractivity contribution is 7.25. The van der Waals surface area contributed by atoms with E-state index in [-0.39, 0.29) is 0 Å². The lowest BCUT2D eigenvalue weighted by Gasteiger charge is -2.21. The number of rotatable bonds is 6. The molecular formula is C54H40OS.